The summed E-state index contributed by atoms with van der Waals surface area (Å²) in [5, 5.41) is 0. The lowest BCUT2D eigenvalue weighted by Crippen LogP contribution is -2.35. The molecule has 19 heavy (non-hydrogen) atoms. The fraction of sp³-hybridized carbons (Fsp3) is 0.933. The zero-order valence-corrected chi connectivity index (χ0v) is 12.8. The molecule has 0 saturated carbocycles. The Balaban J connectivity index is 1.80. The van der Waals surface area contributed by atoms with Crippen LogP contribution in [-0.4, -0.2) is 60.6 Å². The number of hydrogen-bond donors (Lipinski definition) is 0. The average molecular weight is 268 g/mol. The SMILES string of the molecule is COC1CCN(C(C)CC2CC(=O)N(C(C)C)C2)C1. The number of amides is 1. The van der Waals surface area contributed by atoms with E-state index in [1.165, 1.54) is 0 Å². The molecule has 0 aromatic rings. The van der Waals surface area contributed by atoms with E-state index in [1.807, 2.05) is 4.90 Å². The van der Waals surface area contributed by atoms with Crippen molar-refractivity contribution in [1.29, 1.82) is 0 Å². The van der Waals surface area contributed by atoms with Gasteiger partial charge in [0.05, 0.1) is 6.10 Å². The summed E-state index contributed by atoms with van der Waals surface area (Å²) < 4.78 is 5.42. The van der Waals surface area contributed by atoms with Crippen molar-refractivity contribution in [3.63, 3.8) is 0 Å². The highest BCUT2D eigenvalue weighted by Gasteiger charge is 2.34. The van der Waals surface area contributed by atoms with Crippen LogP contribution in [0.5, 0.6) is 0 Å². The molecule has 0 radical (unpaired) electrons. The van der Waals surface area contributed by atoms with Crippen LogP contribution in [0, 0.1) is 5.92 Å². The molecular formula is C15H28N2O2. The molecule has 2 saturated heterocycles. The molecule has 1 amide bonds. The summed E-state index contributed by atoms with van der Waals surface area (Å²) >= 11 is 0. The van der Waals surface area contributed by atoms with Gasteiger partial charge in [0.25, 0.3) is 0 Å². The molecule has 2 aliphatic rings. The van der Waals surface area contributed by atoms with Crippen LogP contribution in [0.1, 0.15) is 40.0 Å². The Bertz CT molecular complexity index is 319. The largest absolute Gasteiger partial charge is 0.380 e. The van der Waals surface area contributed by atoms with Crippen LogP contribution < -0.4 is 0 Å². The molecule has 3 unspecified atom stereocenters. The van der Waals surface area contributed by atoms with E-state index in [1.54, 1.807) is 7.11 Å². The Morgan fingerprint density at radius 3 is 2.58 bits per heavy atom. The zero-order valence-electron chi connectivity index (χ0n) is 12.8. The Morgan fingerprint density at radius 2 is 2.05 bits per heavy atom. The molecule has 2 heterocycles. The topological polar surface area (TPSA) is 32.8 Å². The standard InChI is InChI=1S/C15H28N2O2/c1-11(2)17-9-13(8-15(17)18)7-12(3)16-6-5-14(10-16)19-4/h11-14H,5-10H2,1-4H3. The second-order valence-corrected chi connectivity index (χ2v) is 6.44. The molecular weight excluding hydrogens is 240 g/mol. The summed E-state index contributed by atoms with van der Waals surface area (Å²) in [5.41, 5.74) is 0. The molecule has 4 heteroatoms. The molecule has 0 aromatic carbocycles. The zero-order chi connectivity index (χ0) is 14.0. The molecule has 3 atom stereocenters. The molecule has 2 rings (SSSR count). The molecule has 2 fully saturated rings. The van der Waals surface area contributed by atoms with E-state index in [0.717, 1.165) is 38.9 Å². The number of hydrogen-bond acceptors (Lipinski definition) is 3. The molecule has 0 N–H and O–H groups in total. The Morgan fingerprint density at radius 1 is 1.32 bits per heavy atom. The number of nitrogens with zero attached hydrogens (tertiary/aromatic N) is 2. The highest BCUT2D eigenvalue weighted by atomic mass is 16.5. The maximum atomic E-state index is 11.9. The van der Waals surface area contributed by atoms with E-state index < -0.39 is 0 Å². The molecule has 0 aromatic heterocycles. The predicted molar refractivity (Wildman–Crippen MR) is 76.0 cm³/mol. The van der Waals surface area contributed by atoms with E-state index in [2.05, 4.69) is 25.7 Å². The first-order chi connectivity index (χ1) is 9.01. The molecule has 0 bridgehead atoms. The first kappa shape index (κ1) is 14.8. The van der Waals surface area contributed by atoms with Gasteiger partial charge < -0.3 is 9.64 Å². The van der Waals surface area contributed by atoms with Crippen LogP contribution >= 0.6 is 0 Å². The van der Waals surface area contributed by atoms with Crippen LogP contribution in [0.25, 0.3) is 0 Å². The van der Waals surface area contributed by atoms with Crippen LogP contribution in [-0.2, 0) is 9.53 Å². The first-order valence-corrected chi connectivity index (χ1v) is 7.57. The van der Waals surface area contributed by atoms with Crippen molar-refractivity contribution in [3.05, 3.63) is 0 Å². The van der Waals surface area contributed by atoms with E-state index in [9.17, 15) is 4.79 Å². The number of carbonyl (C=O) groups is 1. The van der Waals surface area contributed by atoms with Crippen molar-refractivity contribution in [1.82, 2.24) is 9.80 Å². The van der Waals surface area contributed by atoms with Crippen LogP contribution in [0.2, 0.25) is 0 Å². The third-order valence-electron chi connectivity index (χ3n) is 4.67. The van der Waals surface area contributed by atoms with Crippen molar-refractivity contribution in [2.75, 3.05) is 26.7 Å². The lowest BCUT2D eigenvalue weighted by atomic mass is 9.99. The molecule has 0 aliphatic carbocycles. The van der Waals surface area contributed by atoms with Crippen molar-refractivity contribution < 1.29 is 9.53 Å². The van der Waals surface area contributed by atoms with Gasteiger partial charge in [0, 0.05) is 45.2 Å². The number of likely N-dealkylation sites (tertiary alicyclic amines) is 2. The van der Waals surface area contributed by atoms with Crippen LogP contribution in [0.15, 0.2) is 0 Å². The second kappa shape index (κ2) is 6.23. The highest BCUT2D eigenvalue weighted by Crippen LogP contribution is 2.27. The quantitative estimate of drug-likeness (QED) is 0.761. The fourth-order valence-corrected chi connectivity index (χ4v) is 3.44. The van der Waals surface area contributed by atoms with Gasteiger partial charge in [-0.1, -0.05) is 0 Å². The lowest BCUT2D eigenvalue weighted by molar-refractivity contribution is -0.129. The lowest BCUT2D eigenvalue weighted by Gasteiger charge is -2.27. The molecule has 2 aliphatic heterocycles. The third-order valence-corrected chi connectivity index (χ3v) is 4.67. The van der Waals surface area contributed by atoms with E-state index >= 15 is 0 Å². The maximum absolute atomic E-state index is 11.9. The Kier molecular flexibility index (Phi) is 4.85. The van der Waals surface area contributed by atoms with Crippen LogP contribution in [0.3, 0.4) is 0 Å². The van der Waals surface area contributed by atoms with Gasteiger partial charge >= 0.3 is 0 Å². The summed E-state index contributed by atoms with van der Waals surface area (Å²) in [6, 6.07) is 0.905. The minimum atomic E-state index is 0.336. The van der Waals surface area contributed by atoms with Gasteiger partial charge in [-0.2, -0.15) is 0 Å². The summed E-state index contributed by atoms with van der Waals surface area (Å²) in [4.78, 5) is 16.5. The normalized spacial score (nSPS) is 30.6. The van der Waals surface area contributed by atoms with Crippen LogP contribution in [0.4, 0.5) is 0 Å². The molecule has 4 nitrogen and oxygen atoms in total. The van der Waals surface area contributed by atoms with Gasteiger partial charge in [-0.05, 0) is 39.5 Å². The van der Waals surface area contributed by atoms with Gasteiger partial charge in [-0.25, -0.2) is 0 Å². The van der Waals surface area contributed by atoms with Gasteiger partial charge in [0.15, 0.2) is 0 Å². The average Bonchev–Trinajstić information content (AvgIpc) is 2.95. The number of ether oxygens (including phenoxy) is 1. The fourth-order valence-electron chi connectivity index (χ4n) is 3.44. The van der Waals surface area contributed by atoms with Gasteiger partial charge in [-0.15, -0.1) is 0 Å². The van der Waals surface area contributed by atoms with Crippen molar-refractivity contribution in [2.24, 2.45) is 5.92 Å². The Labute approximate surface area is 117 Å². The monoisotopic (exact) mass is 268 g/mol. The maximum Gasteiger partial charge on any atom is 0.223 e. The van der Waals surface area contributed by atoms with Crippen molar-refractivity contribution in [3.8, 4) is 0 Å². The summed E-state index contributed by atoms with van der Waals surface area (Å²) in [5.74, 6) is 0.870. The second-order valence-electron chi connectivity index (χ2n) is 6.44. The molecule has 0 spiro atoms. The third kappa shape index (κ3) is 3.48. The van der Waals surface area contributed by atoms with Gasteiger partial charge in [0.1, 0.15) is 0 Å². The van der Waals surface area contributed by atoms with Crippen molar-refractivity contribution >= 4 is 5.91 Å². The smallest absolute Gasteiger partial charge is 0.223 e. The minimum absolute atomic E-state index is 0.336. The van der Waals surface area contributed by atoms with E-state index in [4.69, 9.17) is 4.74 Å². The summed E-state index contributed by atoms with van der Waals surface area (Å²) in [6.07, 6.45) is 3.41. The van der Waals surface area contributed by atoms with Crippen molar-refractivity contribution in [2.45, 2.75) is 58.2 Å². The number of rotatable bonds is 5. The number of methoxy groups -OCH3 is 1. The predicted octanol–water partition coefficient (Wildman–Crippen LogP) is 1.74. The minimum Gasteiger partial charge on any atom is -0.380 e. The first-order valence-electron chi connectivity index (χ1n) is 7.57. The summed E-state index contributed by atoms with van der Waals surface area (Å²) in [6.45, 7) is 9.63. The number of carbonyl (C=O) groups excluding carboxylic acids is 1. The van der Waals surface area contributed by atoms with E-state index in [0.29, 0.717) is 30.0 Å². The molecule has 110 valence electrons. The highest BCUT2D eigenvalue weighted by molar-refractivity contribution is 5.78. The van der Waals surface area contributed by atoms with Gasteiger partial charge in [0.2, 0.25) is 5.91 Å². The van der Waals surface area contributed by atoms with E-state index in [-0.39, 0.29) is 0 Å². The van der Waals surface area contributed by atoms with Gasteiger partial charge in [-0.3, -0.25) is 9.69 Å². The summed E-state index contributed by atoms with van der Waals surface area (Å²) in [7, 11) is 1.80. The Hall–Kier alpha value is -0.610.